The third-order valence-corrected chi connectivity index (χ3v) is 2.59. The SMILES string of the molecule is Cc1ccc(O)c(/C=N\NC(=O)c2ccccc2)c1. The topological polar surface area (TPSA) is 61.7 Å². The van der Waals surface area contributed by atoms with Crippen LogP contribution in [-0.4, -0.2) is 17.2 Å². The van der Waals surface area contributed by atoms with Gasteiger partial charge in [0.05, 0.1) is 6.21 Å². The van der Waals surface area contributed by atoms with Crippen molar-refractivity contribution in [1.29, 1.82) is 0 Å². The number of hydrogen-bond donors (Lipinski definition) is 2. The average Bonchev–Trinajstić information content (AvgIpc) is 2.43. The summed E-state index contributed by atoms with van der Waals surface area (Å²) in [5.41, 5.74) is 4.52. The summed E-state index contributed by atoms with van der Waals surface area (Å²) in [6.07, 6.45) is 1.42. The Bertz CT molecular complexity index is 607. The number of phenols is 1. The average molecular weight is 254 g/mol. The van der Waals surface area contributed by atoms with Crippen molar-refractivity contribution in [3.63, 3.8) is 0 Å². The number of carbonyl (C=O) groups excluding carboxylic acids is 1. The highest BCUT2D eigenvalue weighted by atomic mass is 16.3. The molecule has 0 spiro atoms. The van der Waals surface area contributed by atoms with Gasteiger partial charge < -0.3 is 5.11 Å². The first-order valence-corrected chi connectivity index (χ1v) is 5.85. The van der Waals surface area contributed by atoms with E-state index in [4.69, 9.17) is 0 Å². The van der Waals surface area contributed by atoms with E-state index in [0.717, 1.165) is 5.56 Å². The van der Waals surface area contributed by atoms with Crippen LogP contribution in [0.4, 0.5) is 0 Å². The first-order valence-electron chi connectivity index (χ1n) is 5.85. The van der Waals surface area contributed by atoms with Crippen LogP contribution < -0.4 is 5.43 Å². The first kappa shape index (κ1) is 12.8. The van der Waals surface area contributed by atoms with E-state index in [-0.39, 0.29) is 11.7 Å². The molecule has 0 aliphatic rings. The van der Waals surface area contributed by atoms with Crippen molar-refractivity contribution < 1.29 is 9.90 Å². The lowest BCUT2D eigenvalue weighted by molar-refractivity contribution is 0.0955. The number of aryl methyl sites for hydroxylation is 1. The summed E-state index contributed by atoms with van der Waals surface area (Å²) in [7, 11) is 0. The molecule has 19 heavy (non-hydrogen) atoms. The van der Waals surface area contributed by atoms with Gasteiger partial charge in [-0.1, -0.05) is 29.8 Å². The van der Waals surface area contributed by atoms with Crippen LogP contribution in [-0.2, 0) is 0 Å². The van der Waals surface area contributed by atoms with E-state index in [1.54, 1.807) is 42.5 Å². The highest BCUT2D eigenvalue weighted by Gasteiger charge is 2.02. The molecule has 2 N–H and O–H groups in total. The summed E-state index contributed by atoms with van der Waals surface area (Å²) in [5, 5.41) is 13.4. The smallest absolute Gasteiger partial charge is 0.271 e. The summed E-state index contributed by atoms with van der Waals surface area (Å²) >= 11 is 0. The highest BCUT2D eigenvalue weighted by molar-refractivity contribution is 5.95. The molecule has 2 rings (SSSR count). The second-order valence-electron chi connectivity index (χ2n) is 4.13. The van der Waals surface area contributed by atoms with Gasteiger partial charge in [-0.25, -0.2) is 5.43 Å². The number of hydrogen-bond acceptors (Lipinski definition) is 3. The van der Waals surface area contributed by atoms with E-state index in [2.05, 4.69) is 10.5 Å². The summed E-state index contributed by atoms with van der Waals surface area (Å²) in [6.45, 7) is 1.92. The Morgan fingerprint density at radius 3 is 2.68 bits per heavy atom. The number of amides is 1. The molecule has 2 aromatic rings. The first-order chi connectivity index (χ1) is 9.16. The van der Waals surface area contributed by atoms with Crippen LogP contribution in [0.15, 0.2) is 53.6 Å². The van der Waals surface area contributed by atoms with E-state index in [1.807, 2.05) is 13.0 Å². The molecule has 0 saturated carbocycles. The van der Waals surface area contributed by atoms with Crippen LogP contribution >= 0.6 is 0 Å². The fraction of sp³-hybridized carbons (Fsp3) is 0.0667. The van der Waals surface area contributed by atoms with Crippen molar-refractivity contribution in [1.82, 2.24) is 5.43 Å². The third-order valence-electron chi connectivity index (χ3n) is 2.59. The number of rotatable bonds is 3. The molecule has 4 heteroatoms. The molecule has 4 nitrogen and oxygen atoms in total. The molecule has 0 heterocycles. The summed E-state index contributed by atoms with van der Waals surface area (Å²) < 4.78 is 0. The highest BCUT2D eigenvalue weighted by Crippen LogP contribution is 2.15. The minimum Gasteiger partial charge on any atom is -0.507 e. The van der Waals surface area contributed by atoms with Gasteiger partial charge in [0.2, 0.25) is 0 Å². The number of phenolic OH excluding ortho intramolecular Hbond substituents is 1. The molecule has 0 bridgehead atoms. The molecule has 0 aliphatic carbocycles. The largest absolute Gasteiger partial charge is 0.507 e. The summed E-state index contributed by atoms with van der Waals surface area (Å²) in [4.78, 5) is 11.7. The summed E-state index contributed by atoms with van der Waals surface area (Å²) in [5.74, 6) is -0.160. The van der Waals surface area contributed by atoms with Gasteiger partial charge in [0, 0.05) is 11.1 Å². The van der Waals surface area contributed by atoms with Crippen LogP contribution in [0.5, 0.6) is 5.75 Å². The molecule has 1 amide bonds. The Hall–Kier alpha value is -2.62. The monoisotopic (exact) mass is 254 g/mol. The van der Waals surface area contributed by atoms with Crippen molar-refractivity contribution in [2.75, 3.05) is 0 Å². The van der Waals surface area contributed by atoms with E-state index >= 15 is 0 Å². The number of nitrogens with one attached hydrogen (secondary N) is 1. The van der Waals surface area contributed by atoms with Crippen LogP contribution in [0, 0.1) is 6.92 Å². The fourth-order valence-corrected chi connectivity index (χ4v) is 1.59. The van der Waals surface area contributed by atoms with Crippen LogP contribution in [0.1, 0.15) is 21.5 Å². The predicted octanol–water partition coefficient (Wildman–Crippen LogP) is 2.46. The minimum atomic E-state index is -0.288. The third kappa shape index (κ3) is 3.42. The van der Waals surface area contributed by atoms with Gasteiger partial charge in [-0.2, -0.15) is 5.10 Å². The lowest BCUT2D eigenvalue weighted by Crippen LogP contribution is -2.17. The summed E-state index contributed by atoms with van der Waals surface area (Å²) in [6, 6.07) is 14.0. The number of nitrogens with zero attached hydrogens (tertiary/aromatic N) is 1. The number of benzene rings is 2. The van der Waals surface area contributed by atoms with E-state index < -0.39 is 0 Å². The van der Waals surface area contributed by atoms with E-state index in [0.29, 0.717) is 11.1 Å². The Balaban J connectivity index is 2.04. The molecular weight excluding hydrogens is 240 g/mol. The van der Waals surface area contributed by atoms with Gasteiger partial charge in [-0.05, 0) is 31.2 Å². The van der Waals surface area contributed by atoms with Gasteiger partial charge in [0.25, 0.3) is 5.91 Å². The molecule has 0 fully saturated rings. The molecule has 0 atom stereocenters. The standard InChI is InChI=1S/C15H14N2O2/c1-11-7-8-14(18)13(9-11)10-16-17-15(19)12-5-3-2-4-6-12/h2-10,18H,1H3,(H,17,19)/b16-10-. The Labute approximate surface area is 111 Å². The second-order valence-corrected chi connectivity index (χ2v) is 4.13. The van der Waals surface area contributed by atoms with Crippen molar-refractivity contribution in [2.24, 2.45) is 5.10 Å². The molecule has 96 valence electrons. The van der Waals surface area contributed by atoms with Crippen molar-refractivity contribution in [3.05, 3.63) is 65.2 Å². The van der Waals surface area contributed by atoms with Gasteiger partial charge in [-0.15, -0.1) is 0 Å². The molecular formula is C15H14N2O2. The maximum absolute atomic E-state index is 11.7. The number of aromatic hydroxyl groups is 1. The quantitative estimate of drug-likeness (QED) is 0.653. The predicted molar refractivity (Wildman–Crippen MR) is 74.3 cm³/mol. The lowest BCUT2D eigenvalue weighted by Gasteiger charge is -2.01. The lowest BCUT2D eigenvalue weighted by atomic mass is 10.1. The van der Waals surface area contributed by atoms with Gasteiger partial charge in [0.15, 0.2) is 0 Å². The molecule has 0 unspecified atom stereocenters. The van der Waals surface area contributed by atoms with Gasteiger partial charge in [-0.3, -0.25) is 4.79 Å². The van der Waals surface area contributed by atoms with Crippen molar-refractivity contribution in [3.8, 4) is 5.75 Å². The molecule has 2 aromatic carbocycles. The minimum absolute atomic E-state index is 0.128. The van der Waals surface area contributed by atoms with Crippen LogP contribution in [0.3, 0.4) is 0 Å². The number of carbonyl (C=O) groups is 1. The normalized spacial score (nSPS) is 10.6. The molecule has 0 aliphatic heterocycles. The second kappa shape index (κ2) is 5.82. The number of hydrazone groups is 1. The van der Waals surface area contributed by atoms with Gasteiger partial charge >= 0.3 is 0 Å². The Morgan fingerprint density at radius 2 is 1.95 bits per heavy atom. The van der Waals surface area contributed by atoms with Crippen molar-refractivity contribution >= 4 is 12.1 Å². The van der Waals surface area contributed by atoms with Crippen LogP contribution in [0.2, 0.25) is 0 Å². The fourth-order valence-electron chi connectivity index (χ4n) is 1.59. The van der Waals surface area contributed by atoms with Crippen molar-refractivity contribution in [2.45, 2.75) is 6.92 Å². The Morgan fingerprint density at radius 1 is 1.21 bits per heavy atom. The van der Waals surface area contributed by atoms with Gasteiger partial charge in [0.1, 0.15) is 5.75 Å². The Kier molecular flexibility index (Phi) is 3.93. The zero-order chi connectivity index (χ0) is 13.7. The zero-order valence-corrected chi connectivity index (χ0v) is 10.5. The maximum atomic E-state index is 11.7. The zero-order valence-electron chi connectivity index (χ0n) is 10.5. The van der Waals surface area contributed by atoms with E-state index in [9.17, 15) is 9.90 Å². The molecule has 0 aromatic heterocycles. The van der Waals surface area contributed by atoms with Crippen LogP contribution in [0.25, 0.3) is 0 Å². The molecule has 0 saturated heterocycles. The van der Waals surface area contributed by atoms with E-state index in [1.165, 1.54) is 6.21 Å². The maximum Gasteiger partial charge on any atom is 0.271 e. The molecule has 0 radical (unpaired) electrons.